The van der Waals surface area contributed by atoms with Gasteiger partial charge in [-0.15, -0.1) is 0 Å². The van der Waals surface area contributed by atoms with Gasteiger partial charge in [0.15, 0.2) is 0 Å². The Labute approximate surface area is 61.2 Å². The van der Waals surface area contributed by atoms with Crippen molar-refractivity contribution in [1.29, 1.82) is 0 Å². The molecule has 0 aromatic rings. The van der Waals surface area contributed by atoms with Crippen molar-refractivity contribution in [2.45, 2.75) is 12.8 Å². The smallest absolute Gasteiger partial charge is 0.222 e. The van der Waals surface area contributed by atoms with Crippen LogP contribution in [-0.2, 0) is 4.79 Å². The van der Waals surface area contributed by atoms with Crippen LogP contribution in [0.15, 0.2) is 0 Å². The van der Waals surface area contributed by atoms with E-state index in [1.165, 1.54) is 0 Å². The summed E-state index contributed by atoms with van der Waals surface area (Å²) in [6, 6.07) is 0. The number of carbonyl (C=O) groups excluding carboxylic acids is 1. The zero-order chi connectivity index (χ0) is 7.56. The highest BCUT2D eigenvalue weighted by molar-refractivity contribution is 5.78. The van der Waals surface area contributed by atoms with Gasteiger partial charge in [0.2, 0.25) is 5.91 Å². The molecular weight excluding hydrogens is 128 g/mol. The van der Waals surface area contributed by atoms with Crippen LogP contribution in [-0.4, -0.2) is 30.9 Å². The standard InChI is InChI=1S/C7H14N2O/c1-9-5-6(2-3-8)4-7(9)10/h6H,2-5,8H2,1H3. The summed E-state index contributed by atoms with van der Waals surface area (Å²) >= 11 is 0. The van der Waals surface area contributed by atoms with E-state index in [2.05, 4.69) is 0 Å². The van der Waals surface area contributed by atoms with Gasteiger partial charge in [-0.3, -0.25) is 4.79 Å². The lowest BCUT2D eigenvalue weighted by Crippen LogP contribution is -2.19. The van der Waals surface area contributed by atoms with Gasteiger partial charge in [0.25, 0.3) is 0 Å². The Balaban J connectivity index is 2.34. The summed E-state index contributed by atoms with van der Waals surface area (Å²) < 4.78 is 0. The molecule has 3 heteroatoms. The molecule has 2 N–H and O–H groups in total. The van der Waals surface area contributed by atoms with Crippen LogP contribution >= 0.6 is 0 Å². The Morgan fingerprint density at radius 1 is 1.80 bits per heavy atom. The van der Waals surface area contributed by atoms with Crippen molar-refractivity contribution < 1.29 is 4.79 Å². The number of hydrogen-bond donors (Lipinski definition) is 1. The van der Waals surface area contributed by atoms with E-state index < -0.39 is 0 Å². The molecule has 0 saturated carbocycles. The van der Waals surface area contributed by atoms with Gasteiger partial charge in [-0.2, -0.15) is 0 Å². The minimum Gasteiger partial charge on any atom is -0.345 e. The van der Waals surface area contributed by atoms with Crippen LogP contribution in [0.1, 0.15) is 12.8 Å². The Hall–Kier alpha value is -0.570. The van der Waals surface area contributed by atoms with Crippen LogP contribution in [0.25, 0.3) is 0 Å². The molecule has 0 aromatic carbocycles. The summed E-state index contributed by atoms with van der Waals surface area (Å²) in [4.78, 5) is 12.7. The molecule has 1 aliphatic rings. The average molecular weight is 142 g/mol. The fourth-order valence-corrected chi connectivity index (χ4v) is 1.39. The normalized spacial score (nSPS) is 26.0. The lowest BCUT2D eigenvalue weighted by Gasteiger charge is -2.07. The third-order valence-electron chi connectivity index (χ3n) is 2.00. The largest absolute Gasteiger partial charge is 0.345 e. The van der Waals surface area contributed by atoms with Gasteiger partial charge < -0.3 is 10.6 Å². The fraction of sp³-hybridized carbons (Fsp3) is 0.857. The maximum atomic E-state index is 10.9. The SMILES string of the molecule is CN1CC(CCN)CC1=O. The topological polar surface area (TPSA) is 46.3 Å². The molecule has 1 unspecified atom stereocenters. The minimum absolute atomic E-state index is 0.262. The highest BCUT2D eigenvalue weighted by Gasteiger charge is 2.25. The molecule has 3 nitrogen and oxygen atoms in total. The first kappa shape index (κ1) is 7.54. The first-order valence-corrected chi connectivity index (χ1v) is 3.68. The highest BCUT2D eigenvalue weighted by atomic mass is 16.2. The van der Waals surface area contributed by atoms with E-state index in [4.69, 9.17) is 5.73 Å². The second kappa shape index (κ2) is 3.01. The quantitative estimate of drug-likeness (QED) is 0.581. The van der Waals surface area contributed by atoms with Crippen molar-refractivity contribution in [1.82, 2.24) is 4.90 Å². The Bertz CT molecular complexity index is 136. The number of carbonyl (C=O) groups is 1. The summed E-state index contributed by atoms with van der Waals surface area (Å²) in [7, 11) is 1.85. The number of nitrogens with zero attached hydrogens (tertiary/aromatic N) is 1. The number of nitrogens with two attached hydrogens (primary N) is 1. The van der Waals surface area contributed by atoms with Gasteiger partial charge in [0.05, 0.1) is 0 Å². The van der Waals surface area contributed by atoms with Gasteiger partial charge in [-0.1, -0.05) is 0 Å². The Morgan fingerprint density at radius 3 is 2.90 bits per heavy atom. The van der Waals surface area contributed by atoms with Gasteiger partial charge in [-0.25, -0.2) is 0 Å². The molecule has 10 heavy (non-hydrogen) atoms. The Morgan fingerprint density at radius 2 is 2.50 bits per heavy atom. The maximum Gasteiger partial charge on any atom is 0.222 e. The number of hydrogen-bond acceptors (Lipinski definition) is 2. The number of likely N-dealkylation sites (tertiary alicyclic amines) is 1. The fourth-order valence-electron chi connectivity index (χ4n) is 1.39. The van der Waals surface area contributed by atoms with E-state index in [9.17, 15) is 4.79 Å². The van der Waals surface area contributed by atoms with Crippen molar-refractivity contribution >= 4 is 5.91 Å². The monoisotopic (exact) mass is 142 g/mol. The molecule has 1 heterocycles. The molecule has 1 aliphatic heterocycles. The second-order valence-corrected chi connectivity index (χ2v) is 2.92. The molecule has 0 aliphatic carbocycles. The second-order valence-electron chi connectivity index (χ2n) is 2.92. The van der Waals surface area contributed by atoms with Crippen LogP contribution in [0, 0.1) is 5.92 Å². The van der Waals surface area contributed by atoms with Crippen molar-refractivity contribution in [3.63, 3.8) is 0 Å². The van der Waals surface area contributed by atoms with Crippen LogP contribution in [0.3, 0.4) is 0 Å². The van der Waals surface area contributed by atoms with Gasteiger partial charge in [-0.05, 0) is 18.9 Å². The predicted molar refractivity (Wildman–Crippen MR) is 39.4 cm³/mol. The average Bonchev–Trinajstić information content (AvgIpc) is 2.14. The molecule has 1 atom stereocenters. The first-order valence-electron chi connectivity index (χ1n) is 3.68. The molecule has 1 fully saturated rings. The molecular formula is C7H14N2O. The van der Waals surface area contributed by atoms with Gasteiger partial charge in [0, 0.05) is 20.0 Å². The van der Waals surface area contributed by atoms with Crippen molar-refractivity contribution in [3.8, 4) is 0 Å². The van der Waals surface area contributed by atoms with Crippen molar-refractivity contribution in [3.05, 3.63) is 0 Å². The first-order chi connectivity index (χ1) is 4.74. The van der Waals surface area contributed by atoms with E-state index >= 15 is 0 Å². The molecule has 0 bridgehead atoms. The summed E-state index contributed by atoms with van der Waals surface area (Å²) in [6.45, 7) is 1.60. The summed E-state index contributed by atoms with van der Waals surface area (Å²) in [6.07, 6.45) is 1.68. The lowest BCUT2D eigenvalue weighted by molar-refractivity contribution is -0.126. The number of amides is 1. The predicted octanol–water partition coefficient (Wildman–Crippen LogP) is -0.187. The third kappa shape index (κ3) is 1.48. The molecule has 1 rings (SSSR count). The summed E-state index contributed by atoms with van der Waals surface area (Å²) in [5.74, 6) is 0.779. The summed E-state index contributed by atoms with van der Waals surface area (Å²) in [5, 5.41) is 0. The molecule has 0 aromatic heterocycles. The number of rotatable bonds is 2. The van der Waals surface area contributed by atoms with Crippen LogP contribution in [0.4, 0.5) is 0 Å². The highest BCUT2D eigenvalue weighted by Crippen LogP contribution is 2.17. The molecule has 1 saturated heterocycles. The molecule has 0 radical (unpaired) electrons. The van der Waals surface area contributed by atoms with E-state index in [-0.39, 0.29) is 5.91 Å². The lowest BCUT2D eigenvalue weighted by atomic mass is 10.1. The van der Waals surface area contributed by atoms with E-state index in [1.54, 1.807) is 4.90 Å². The third-order valence-corrected chi connectivity index (χ3v) is 2.00. The maximum absolute atomic E-state index is 10.9. The van der Waals surface area contributed by atoms with Gasteiger partial charge in [0.1, 0.15) is 0 Å². The van der Waals surface area contributed by atoms with Crippen LogP contribution in [0.2, 0.25) is 0 Å². The molecule has 58 valence electrons. The Kier molecular flexibility index (Phi) is 2.27. The molecule has 0 spiro atoms. The van der Waals surface area contributed by atoms with Crippen molar-refractivity contribution in [2.24, 2.45) is 11.7 Å². The van der Waals surface area contributed by atoms with E-state index in [1.807, 2.05) is 7.05 Å². The molecule has 1 amide bonds. The van der Waals surface area contributed by atoms with Crippen molar-refractivity contribution in [2.75, 3.05) is 20.1 Å². The van der Waals surface area contributed by atoms with E-state index in [0.717, 1.165) is 13.0 Å². The van der Waals surface area contributed by atoms with Crippen LogP contribution in [0.5, 0.6) is 0 Å². The van der Waals surface area contributed by atoms with E-state index in [0.29, 0.717) is 18.9 Å². The van der Waals surface area contributed by atoms with Gasteiger partial charge >= 0.3 is 0 Å². The zero-order valence-electron chi connectivity index (χ0n) is 6.34. The minimum atomic E-state index is 0.262. The zero-order valence-corrected chi connectivity index (χ0v) is 6.34. The summed E-state index contributed by atoms with van der Waals surface area (Å²) in [5.41, 5.74) is 5.37. The van der Waals surface area contributed by atoms with Crippen LogP contribution < -0.4 is 5.73 Å².